The van der Waals surface area contributed by atoms with Crippen molar-refractivity contribution in [2.45, 2.75) is 13.8 Å². The van der Waals surface area contributed by atoms with Crippen LogP contribution in [0.1, 0.15) is 16.7 Å². The van der Waals surface area contributed by atoms with Gasteiger partial charge in [-0.3, -0.25) is 0 Å². The van der Waals surface area contributed by atoms with Crippen LogP contribution in [0, 0.1) is 13.8 Å². The van der Waals surface area contributed by atoms with Gasteiger partial charge in [-0.1, -0.05) is 17.7 Å². The zero-order valence-corrected chi connectivity index (χ0v) is 8.47. The normalized spacial score (nSPS) is 12.3. The van der Waals surface area contributed by atoms with Crippen LogP contribution in [-0.4, -0.2) is 12.1 Å². The molecule has 0 saturated carbocycles. The summed E-state index contributed by atoms with van der Waals surface area (Å²) in [6.07, 6.45) is 0.898. The van der Waals surface area contributed by atoms with E-state index in [-0.39, 0.29) is 17.3 Å². The van der Waals surface area contributed by atoms with E-state index in [9.17, 15) is 18.1 Å². The molecule has 0 unspecified atom stereocenters. The Labute approximate surface area is 86.3 Å². The second-order valence-electron chi connectivity index (χ2n) is 3.50. The van der Waals surface area contributed by atoms with Crippen molar-refractivity contribution < 1.29 is 18.1 Å². The molecule has 0 atom stereocenters. The summed E-state index contributed by atoms with van der Waals surface area (Å²) >= 11 is 0. The van der Waals surface area contributed by atoms with Crippen molar-refractivity contribution in [1.82, 2.24) is 0 Å². The summed E-state index contributed by atoms with van der Waals surface area (Å²) in [6.45, 7) is -1.54. The molecule has 1 aromatic rings. The zero-order valence-electron chi connectivity index (χ0n) is 8.47. The van der Waals surface area contributed by atoms with Crippen LogP contribution >= 0.6 is 0 Å². The topological polar surface area (TPSA) is 20.2 Å². The van der Waals surface area contributed by atoms with Gasteiger partial charge in [0, 0.05) is 5.56 Å². The van der Waals surface area contributed by atoms with E-state index in [1.807, 2.05) is 0 Å². The lowest BCUT2D eigenvalue weighted by molar-refractivity contribution is 0.469. The Morgan fingerprint density at radius 3 is 2.33 bits per heavy atom. The summed E-state index contributed by atoms with van der Waals surface area (Å²) in [5, 5.41) is 9.51. The third-order valence-electron chi connectivity index (χ3n) is 1.97. The third-order valence-corrected chi connectivity index (χ3v) is 1.97. The molecule has 0 aliphatic heterocycles. The molecule has 0 spiro atoms. The average Bonchev–Trinajstić information content (AvgIpc) is 2.07. The van der Waals surface area contributed by atoms with Gasteiger partial charge >= 0.3 is 6.98 Å². The maximum Gasteiger partial charge on any atom is 0.502 e. The first kappa shape index (κ1) is 11.7. The van der Waals surface area contributed by atoms with Gasteiger partial charge in [-0.15, -0.1) is 5.98 Å². The van der Waals surface area contributed by atoms with E-state index in [2.05, 4.69) is 0 Å². The second-order valence-corrected chi connectivity index (χ2v) is 3.50. The van der Waals surface area contributed by atoms with Crippen LogP contribution in [0.15, 0.2) is 18.1 Å². The summed E-state index contributed by atoms with van der Waals surface area (Å²) in [7, 11) is 0. The van der Waals surface area contributed by atoms with Gasteiger partial charge in [0.05, 0.1) is 0 Å². The molecule has 0 heterocycles. The number of hydrogen-bond acceptors (Lipinski definition) is 1. The van der Waals surface area contributed by atoms with Gasteiger partial charge in [0.1, 0.15) is 5.75 Å². The molecule has 0 amide bonds. The van der Waals surface area contributed by atoms with E-state index in [0.29, 0.717) is 5.56 Å². The summed E-state index contributed by atoms with van der Waals surface area (Å²) in [4.78, 5) is 0. The molecule has 1 nitrogen and oxygen atoms in total. The molecule has 1 aromatic carbocycles. The minimum absolute atomic E-state index is 0.100. The van der Waals surface area contributed by atoms with Crippen molar-refractivity contribution >= 4 is 13.1 Å². The maximum atomic E-state index is 12.0. The number of phenolic OH excluding ortho intramolecular Hbond substituents is 1. The minimum Gasteiger partial charge on any atom is -0.507 e. The fourth-order valence-electron chi connectivity index (χ4n) is 1.33. The highest BCUT2D eigenvalue weighted by molar-refractivity contribution is 6.64. The summed E-state index contributed by atoms with van der Waals surface area (Å²) in [6, 6.07) is 3.23. The first-order chi connectivity index (χ1) is 6.79. The minimum atomic E-state index is -4.96. The summed E-state index contributed by atoms with van der Waals surface area (Å²) < 4.78 is 35.9. The Bertz CT molecular complexity index is 396. The highest BCUT2D eigenvalue weighted by atomic mass is 19.4. The lowest BCUT2D eigenvalue weighted by Gasteiger charge is -2.09. The number of benzene rings is 1. The maximum absolute atomic E-state index is 12.0. The van der Waals surface area contributed by atoms with E-state index in [4.69, 9.17) is 0 Å². The van der Waals surface area contributed by atoms with Crippen LogP contribution in [-0.2, 0) is 0 Å². The predicted molar refractivity (Wildman–Crippen MR) is 55.7 cm³/mol. The predicted octanol–water partition coefficient (Wildman–Crippen LogP) is 3.41. The number of hydrogen-bond donors (Lipinski definition) is 1. The lowest BCUT2D eigenvalue weighted by Crippen LogP contribution is -2.09. The Morgan fingerprint density at radius 1 is 1.20 bits per heavy atom. The fraction of sp³-hybridized carbons (Fsp3) is 0.200. The van der Waals surface area contributed by atoms with Crippen LogP contribution in [0.5, 0.6) is 5.75 Å². The van der Waals surface area contributed by atoms with Gasteiger partial charge in [0.2, 0.25) is 0 Å². The molecular formula is C10H11BF3O-. The fourth-order valence-corrected chi connectivity index (χ4v) is 1.33. The zero-order chi connectivity index (χ0) is 11.6. The summed E-state index contributed by atoms with van der Waals surface area (Å²) in [5.41, 5.74) is 1.59. The van der Waals surface area contributed by atoms with Crippen LogP contribution in [0.25, 0.3) is 6.08 Å². The molecule has 0 aliphatic carbocycles. The summed E-state index contributed by atoms with van der Waals surface area (Å²) in [5.74, 6) is 0.0744. The first-order valence-corrected chi connectivity index (χ1v) is 4.49. The second kappa shape index (κ2) is 4.00. The highest BCUT2D eigenvalue weighted by Gasteiger charge is 2.17. The number of phenols is 1. The van der Waals surface area contributed by atoms with Gasteiger partial charge in [0.25, 0.3) is 0 Å². The molecule has 1 rings (SSSR count). The van der Waals surface area contributed by atoms with E-state index >= 15 is 0 Å². The Balaban J connectivity index is 3.10. The molecule has 82 valence electrons. The number of aromatic hydroxyl groups is 1. The van der Waals surface area contributed by atoms with E-state index < -0.39 is 6.98 Å². The van der Waals surface area contributed by atoms with E-state index in [1.54, 1.807) is 19.9 Å². The van der Waals surface area contributed by atoms with Crippen molar-refractivity contribution in [2.24, 2.45) is 0 Å². The Morgan fingerprint density at radius 2 is 1.80 bits per heavy atom. The Kier molecular flexibility index (Phi) is 3.12. The smallest absolute Gasteiger partial charge is 0.502 e. The quantitative estimate of drug-likeness (QED) is 0.749. The molecule has 0 saturated heterocycles. The van der Waals surface area contributed by atoms with Crippen molar-refractivity contribution in [3.8, 4) is 5.75 Å². The lowest BCUT2D eigenvalue weighted by atomic mass is 9.90. The van der Waals surface area contributed by atoms with Gasteiger partial charge in [0.15, 0.2) is 0 Å². The molecule has 0 aromatic heterocycles. The van der Waals surface area contributed by atoms with Crippen molar-refractivity contribution in [2.75, 3.05) is 0 Å². The molecule has 0 aliphatic rings. The Hall–Kier alpha value is -1.39. The largest absolute Gasteiger partial charge is 0.507 e. The average molecular weight is 215 g/mol. The van der Waals surface area contributed by atoms with Crippen LogP contribution < -0.4 is 0 Å². The van der Waals surface area contributed by atoms with E-state index in [1.165, 1.54) is 6.07 Å². The van der Waals surface area contributed by atoms with Crippen molar-refractivity contribution in [1.29, 1.82) is 0 Å². The number of halogens is 3. The van der Waals surface area contributed by atoms with Gasteiger partial charge in [-0.2, -0.15) is 0 Å². The monoisotopic (exact) mass is 215 g/mol. The van der Waals surface area contributed by atoms with Gasteiger partial charge in [-0.05, 0) is 25.5 Å². The molecule has 0 radical (unpaired) electrons. The van der Waals surface area contributed by atoms with Crippen LogP contribution in [0.2, 0.25) is 0 Å². The highest BCUT2D eigenvalue weighted by Crippen LogP contribution is 2.25. The van der Waals surface area contributed by atoms with Crippen LogP contribution in [0.3, 0.4) is 0 Å². The molecule has 5 heteroatoms. The molecule has 0 fully saturated rings. The van der Waals surface area contributed by atoms with Crippen molar-refractivity contribution in [3.63, 3.8) is 0 Å². The van der Waals surface area contributed by atoms with Gasteiger partial charge < -0.3 is 18.1 Å². The van der Waals surface area contributed by atoms with Crippen molar-refractivity contribution in [3.05, 3.63) is 34.8 Å². The molecule has 15 heavy (non-hydrogen) atoms. The molecular weight excluding hydrogens is 204 g/mol. The molecule has 1 N–H and O–H groups in total. The number of rotatable bonds is 2. The SMILES string of the molecule is Cc1cc(C)c(O)c(/C=C/[B-](F)(F)F)c1. The number of aryl methyl sites for hydroxylation is 2. The standard InChI is InChI=1S/C10H11BF3O/c1-7-5-8(2)10(15)9(6-7)3-4-11(12,13)14/h3-6,15H,1-2H3/q-1/b4-3+. The first-order valence-electron chi connectivity index (χ1n) is 4.49. The van der Waals surface area contributed by atoms with E-state index in [0.717, 1.165) is 11.6 Å². The molecule has 0 bridgehead atoms. The van der Waals surface area contributed by atoms with Gasteiger partial charge in [-0.25, -0.2) is 0 Å². The third kappa shape index (κ3) is 3.34. The van der Waals surface area contributed by atoms with Crippen LogP contribution in [0.4, 0.5) is 12.9 Å².